The molecule has 2 aliphatic heterocycles. The van der Waals surface area contributed by atoms with Crippen LogP contribution in [0.25, 0.3) is 0 Å². The van der Waals surface area contributed by atoms with Crippen molar-refractivity contribution in [1.29, 1.82) is 0 Å². The van der Waals surface area contributed by atoms with E-state index < -0.39 is 5.54 Å². The van der Waals surface area contributed by atoms with E-state index in [9.17, 15) is 9.59 Å². The number of ether oxygens (including phenoxy) is 1. The second kappa shape index (κ2) is 7.29. The summed E-state index contributed by atoms with van der Waals surface area (Å²) in [4.78, 5) is 27.3. The quantitative estimate of drug-likeness (QED) is 0.557. The maximum atomic E-state index is 12.7. The number of likely N-dealkylation sites (N-methyl/N-ethyl adjacent to an activating group) is 1. The van der Waals surface area contributed by atoms with Gasteiger partial charge in [0.2, 0.25) is 0 Å². The number of quaternary nitrogens is 1. The molecular formula is C16H22ClN3O3. The van der Waals surface area contributed by atoms with Crippen LogP contribution in [0.2, 0.25) is 0 Å². The maximum Gasteiger partial charge on any atom is 0.325 e. The van der Waals surface area contributed by atoms with E-state index in [4.69, 9.17) is 4.74 Å². The van der Waals surface area contributed by atoms with E-state index in [1.807, 2.05) is 30.3 Å². The number of carbonyl (C=O) groups excluding carboxylic acids is 2. The maximum absolute atomic E-state index is 12.7. The standard InChI is InChI=1S/C16H21N3O3.ClH/c1-18-14(20)16(17-15(18)21,13-5-3-2-4-6-13)7-8-19-9-11-22-12-10-19;/h2-6H,7-12H2,1H3,(H,17,21);1H/t16-;/m1./s1. The van der Waals surface area contributed by atoms with Crippen molar-refractivity contribution in [3.8, 4) is 0 Å². The Balaban J connectivity index is 0.00000192. The van der Waals surface area contributed by atoms with Gasteiger partial charge in [-0.05, 0) is 5.56 Å². The van der Waals surface area contributed by atoms with Crippen LogP contribution in [-0.2, 0) is 15.1 Å². The Morgan fingerprint density at radius 3 is 2.43 bits per heavy atom. The monoisotopic (exact) mass is 339 g/mol. The number of urea groups is 1. The predicted octanol–water partition coefficient (Wildman–Crippen LogP) is -3.63. The second-order valence-corrected chi connectivity index (χ2v) is 5.93. The third kappa shape index (κ3) is 3.34. The summed E-state index contributed by atoms with van der Waals surface area (Å²) in [5, 5.41) is 2.92. The molecule has 2 saturated heterocycles. The van der Waals surface area contributed by atoms with Crippen LogP contribution in [0.4, 0.5) is 4.79 Å². The van der Waals surface area contributed by atoms with Gasteiger partial charge in [-0.1, -0.05) is 30.3 Å². The van der Waals surface area contributed by atoms with Gasteiger partial charge in [-0.15, -0.1) is 0 Å². The number of halogens is 1. The third-order valence-electron chi connectivity index (χ3n) is 4.61. The number of amides is 3. The molecule has 2 fully saturated rings. The summed E-state index contributed by atoms with van der Waals surface area (Å²) in [5.74, 6) is -0.170. The van der Waals surface area contributed by atoms with Crippen molar-refractivity contribution in [2.75, 3.05) is 39.9 Å². The average molecular weight is 340 g/mol. The van der Waals surface area contributed by atoms with Crippen LogP contribution >= 0.6 is 0 Å². The van der Waals surface area contributed by atoms with E-state index in [-0.39, 0.29) is 24.3 Å². The normalized spacial score (nSPS) is 25.2. The molecule has 2 N–H and O–H groups in total. The Hall–Kier alpha value is -1.63. The van der Waals surface area contributed by atoms with Gasteiger partial charge in [-0.2, -0.15) is 0 Å². The Kier molecular flexibility index (Phi) is 5.62. The lowest BCUT2D eigenvalue weighted by Crippen LogP contribution is -3.14. The molecule has 0 aliphatic carbocycles. The molecule has 3 rings (SSSR count). The highest BCUT2D eigenvalue weighted by Gasteiger charge is 2.51. The number of nitrogens with zero attached hydrogens (tertiary/aromatic N) is 1. The van der Waals surface area contributed by atoms with Crippen molar-refractivity contribution >= 4 is 11.9 Å². The first-order valence-electron chi connectivity index (χ1n) is 7.70. The van der Waals surface area contributed by atoms with Crippen LogP contribution in [0, 0.1) is 0 Å². The van der Waals surface area contributed by atoms with Crippen molar-refractivity contribution in [3.63, 3.8) is 0 Å². The molecule has 126 valence electrons. The molecular weight excluding hydrogens is 318 g/mol. The molecule has 1 atom stereocenters. The van der Waals surface area contributed by atoms with Gasteiger partial charge in [0, 0.05) is 13.5 Å². The minimum absolute atomic E-state index is 0. The minimum atomic E-state index is -0.932. The molecule has 23 heavy (non-hydrogen) atoms. The van der Waals surface area contributed by atoms with Crippen LogP contribution < -0.4 is 22.6 Å². The number of hydrogen-bond acceptors (Lipinski definition) is 3. The van der Waals surface area contributed by atoms with Gasteiger partial charge in [-0.25, -0.2) is 4.79 Å². The highest BCUT2D eigenvalue weighted by atomic mass is 35.5. The number of imide groups is 1. The summed E-state index contributed by atoms with van der Waals surface area (Å²) in [6, 6.07) is 9.20. The Morgan fingerprint density at radius 2 is 1.87 bits per heavy atom. The van der Waals surface area contributed by atoms with E-state index in [1.54, 1.807) is 0 Å². The van der Waals surface area contributed by atoms with Crippen LogP contribution in [-0.4, -0.2) is 56.7 Å². The van der Waals surface area contributed by atoms with Crippen LogP contribution in [0.5, 0.6) is 0 Å². The largest absolute Gasteiger partial charge is 1.00 e. The lowest BCUT2D eigenvalue weighted by Gasteiger charge is -2.30. The second-order valence-electron chi connectivity index (χ2n) is 5.93. The highest BCUT2D eigenvalue weighted by molar-refractivity contribution is 6.07. The summed E-state index contributed by atoms with van der Waals surface area (Å²) in [6.45, 7) is 4.24. The number of rotatable bonds is 4. The number of benzene rings is 1. The molecule has 3 amide bonds. The minimum Gasteiger partial charge on any atom is -1.00 e. The van der Waals surface area contributed by atoms with Crippen LogP contribution in [0.1, 0.15) is 12.0 Å². The molecule has 6 nitrogen and oxygen atoms in total. The Bertz CT molecular complexity index is 563. The SMILES string of the molecule is CN1C(=O)N[C@](CC[NH+]2CCOCC2)(c2ccccc2)C1=O.[Cl-]. The van der Waals surface area contributed by atoms with Gasteiger partial charge < -0.3 is 27.4 Å². The van der Waals surface area contributed by atoms with E-state index in [2.05, 4.69) is 5.32 Å². The first kappa shape index (κ1) is 17.7. The molecule has 2 heterocycles. The summed E-state index contributed by atoms with van der Waals surface area (Å²) >= 11 is 0. The van der Waals surface area contributed by atoms with Crippen molar-refractivity contribution < 1.29 is 31.6 Å². The van der Waals surface area contributed by atoms with Gasteiger partial charge in [0.15, 0.2) is 5.54 Å². The van der Waals surface area contributed by atoms with E-state index in [0.29, 0.717) is 6.42 Å². The van der Waals surface area contributed by atoms with E-state index >= 15 is 0 Å². The zero-order valence-corrected chi connectivity index (χ0v) is 13.9. The van der Waals surface area contributed by atoms with Crippen molar-refractivity contribution in [3.05, 3.63) is 35.9 Å². The number of morpholine rings is 1. The molecule has 7 heteroatoms. The number of nitrogens with one attached hydrogen (secondary N) is 2. The molecule has 0 radical (unpaired) electrons. The molecule has 0 spiro atoms. The topological polar surface area (TPSA) is 63.1 Å². The fourth-order valence-corrected chi connectivity index (χ4v) is 3.20. The van der Waals surface area contributed by atoms with E-state index in [1.165, 1.54) is 16.8 Å². The first-order chi connectivity index (χ1) is 10.6. The zero-order chi connectivity index (χ0) is 15.6. The lowest BCUT2D eigenvalue weighted by atomic mass is 9.86. The summed E-state index contributed by atoms with van der Waals surface area (Å²) in [7, 11) is 1.53. The van der Waals surface area contributed by atoms with Gasteiger partial charge in [0.05, 0.1) is 19.8 Å². The van der Waals surface area contributed by atoms with Crippen molar-refractivity contribution in [1.82, 2.24) is 10.2 Å². The summed E-state index contributed by atoms with van der Waals surface area (Å²) < 4.78 is 5.37. The van der Waals surface area contributed by atoms with E-state index in [0.717, 1.165) is 38.4 Å². The molecule has 1 aromatic rings. The van der Waals surface area contributed by atoms with Gasteiger partial charge >= 0.3 is 6.03 Å². The Labute approximate surface area is 142 Å². The number of hydrogen-bond donors (Lipinski definition) is 2. The van der Waals surface area contributed by atoms with Gasteiger partial charge in [0.1, 0.15) is 13.1 Å². The molecule has 0 aromatic heterocycles. The predicted molar refractivity (Wildman–Crippen MR) is 80.4 cm³/mol. The highest BCUT2D eigenvalue weighted by Crippen LogP contribution is 2.31. The summed E-state index contributed by atoms with van der Waals surface area (Å²) in [6.07, 6.45) is 0.598. The van der Waals surface area contributed by atoms with Crippen molar-refractivity contribution in [2.24, 2.45) is 0 Å². The molecule has 2 aliphatic rings. The molecule has 0 unspecified atom stereocenters. The zero-order valence-electron chi connectivity index (χ0n) is 13.2. The van der Waals surface area contributed by atoms with Gasteiger partial charge in [0.25, 0.3) is 5.91 Å². The number of carbonyl (C=O) groups is 2. The first-order valence-corrected chi connectivity index (χ1v) is 7.70. The molecule has 1 aromatic carbocycles. The van der Waals surface area contributed by atoms with Crippen molar-refractivity contribution in [2.45, 2.75) is 12.0 Å². The van der Waals surface area contributed by atoms with Crippen LogP contribution in [0.3, 0.4) is 0 Å². The fraction of sp³-hybridized carbons (Fsp3) is 0.500. The average Bonchev–Trinajstić information content (AvgIpc) is 2.80. The lowest BCUT2D eigenvalue weighted by molar-refractivity contribution is -0.908. The smallest absolute Gasteiger partial charge is 0.325 e. The Morgan fingerprint density at radius 1 is 1.22 bits per heavy atom. The molecule has 0 saturated carbocycles. The summed E-state index contributed by atoms with van der Waals surface area (Å²) in [5.41, 5.74) is -0.0800. The molecule has 0 bridgehead atoms. The fourth-order valence-electron chi connectivity index (χ4n) is 3.20. The van der Waals surface area contributed by atoms with Gasteiger partial charge in [-0.3, -0.25) is 9.69 Å². The van der Waals surface area contributed by atoms with Crippen LogP contribution in [0.15, 0.2) is 30.3 Å². The third-order valence-corrected chi connectivity index (χ3v) is 4.61.